The first-order valence-electron chi connectivity index (χ1n) is 10.1. The lowest BCUT2D eigenvalue weighted by Crippen LogP contribution is -2.13. The maximum Gasteiger partial charge on any atom is 0.343 e. The summed E-state index contributed by atoms with van der Waals surface area (Å²) in [4.78, 5) is 24.0. The van der Waals surface area contributed by atoms with Crippen LogP contribution in [-0.4, -0.2) is 32.3 Å². The lowest BCUT2D eigenvalue weighted by Gasteiger charge is -2.13. The minimum atomic E-state index is -0.461. The van der Waals surface area contributed by atoms with E-state index >= 15 is 0 Å². The van der Waals surface area contributed by atoms with Gasteiger partial charge in [0.1, 0.15) is 5.75 Å². The van der Waals surface area contributed by atoms with Crippen LogP contribution < -0.4 is 4.74 Å². The Labute approximate surface area is 177 Å². The first-order valence-corrected chi connectivity index (χ1v) is 10.1. The molecule has 0 atom stereocenters. The van der Waals surface area contributed by atoms with Gasteiger partial charge in [-0.15, -0.1) is 0 Å². The van der Waals surface area contributed by atoms with Crippen LogP contribution >= 0.6 is 0 Å². The molecule has 0 radical (unpaired) electrons. The second-order valence-corrected chi connectivity index (χ2v) is 6.80. The highest BCUT2D eigenvalue weighted by Crippen LogP contribution is 2.48. The van der Waals surface area contributed by atoms with Gasteiger partial charge < -0.3 is 14.2 Å². The van der Waals surface area contributed by atoms with Crippen LogP contribution in [0.4, 0.5) is 0 Å². The van der Waals surface area contributed by atoms with Crippen LogP contribution in [-0.2, 0) is 19.1 Å². The molecule has 5 nitrogen and oxygen atoms in total. The average molecular weight is 406 g/mol. The zero-order chi connectivity index (χ0) is 21.5. The van der Waals surface area contributed by atoms with Crippen molar-refractivity contribution in [3.8, 4) is 5.75 Å². The molecule has 30 heavy (non-hydrogen) atoms. The number of hydrogen-bond donors (Lipinski definition) is 0. The highest BCUT2D eigenvalue weighted by Gasteiger charge is 2.30. The number of hydrogen-bond acceptors (Lipinski definition) is 5. The first-order chi connectivity index (χ1) is 14.6. The van der Waals surface area contributed by atoms with E-state index in [2.05, 4.69) is 13.0 Å². The third-order valence-electron chi connectivity index (χ3n) is 4.97. The molecule has 0 aromatic heterocycles. The summed E-state index contributed by atoms with van der Waals surface area (Å²) < 4.78 is 15.7. The van der Waals surface area contributed by atoms with Crippen LogP contribution in [0.3, 0.4) is 0 Å². The fourth-order valence-corrected chi connectivity index (χ4v) is 3.69. The van der Waals surface area contributed by atoms with Gasteiger partial charge in [-0.2, -0.15) is 0 Å². The molecule has 0 fully saturated rings. The van der Waals surface area contributed by atoms with Crippen molar-refractivity contribution in [2.45, 2.75) is 26.7 Å². The molecule has 0 N–H and O–H groups in total. The van der Waals surface area contributed by atoms with Crippen LogP contribution in [0.15, 0.2) is 54.1 Å². The summed E-state index contributed by atoms with van der Waals surface area (Å²) in [5, 5.41) is 0. The molecule has 0 saturated carbocycles. The second-order valence-electron chi connectivity index (χ2n) is 6.80. The maximum absolute atomic E-state index is 12.4. The molecule has 0 saturated heterocycles. The van der Waals surface area contributed by atoms with E-state index in [4.69, 9.17) is 14.2 Å². The predicted molar refractivity (Wildman–Crippen MR) is 117 cm³/mol. The Morgan fingerprint density at radius 2 is 1.70 bits per heavy atom. The number of esters is 2. The summed E-state index contributed by atoms with van der Waals surface area (Å²) in [6.07, 6.45) is 3.02. The molecular formula is C25H26O5. The van der Waals surface area contributed by atoms with Crippen molar-refractivity contribution in [2.75, 3.05) is 20.3 Å². The number of allylic oxidation sites excluding steroid dienone is 2. The van der Waals surface area contributed by atoms with Gasteiger partial charge >= 0.3 is 11.9 Å². The lowest BCUT2D eigenvalue weighted by atomic mass is 9.98. The van der Waals surface area contributed by atoms with Crippen molar-refractivity contribution in [3.63, 3.8) is 0 Å². The quantitative estimate of drug-likeness (QED) is 0.583. The molecule has 1 aliphatic rings. The third kappa shape index (κ3) is 4.62. The van der Waals surface area contributed by atoms with Gasteiger partial charge in [0.2, 0.25) is 0 Å². The minimum absolute atomic E-state index is 0.148. The highest BCUT2D eigenvalue weighted by atomic mass is 16.6. The Morgan fingerprint density at radius 3 is 2.37 bits per heavy atom. The predicted octanol–water partition coefficient (Wildman–Crippen LogP) is 4.91. The van der Waals surface area contributed by atoms with Gasteiger partial charge in [-0.25, -0.2) is 4.79 Å². The smallest absolute Gasteiger partial charge is 0.343 e. The Morgan fingerprint density at radius 1 is 0.933 bits per heavy atom. The Bertz CT molecular complexity index is 986. The Hall–Kier alpha value is -3.34. The van der Waals surface area contributed by atoms with Crippen LogP contribution in [0.5, 0.6) is 5.75 Å². The molecule has 0 spiro atoms. The van der Waals surface area contributed by atoms with E-state index in [0.717, 1.165) is 39.8 Å². The maximum atomic E-state index is 12.4. The number of ether oxygens (including phenoxy) is 3. The summed E-state index contributed by atoms with van der Waals surface area (Å²) in [7, 11) is 1.32. The van der Waals surface area contributed by atoms with Crippen molar-refractivity contribution in [1.82, 2.24) is 0 Å². The van der Waals surface area contributed by atoms with Crippen LogP contribution in [0, 0.1) is 0 Å². The monoisotopic (exact) mass is 406 g/mol. The van der Waals surface area contributed by atoms with E-state index in [0.29, 0.717) is 12.4 Å². The number of carbonyl (C=O) groups is 2. The van der Waals surface area contributed by atoms with E-state index in [1.165, 1.54) is 7.11 Å². The second kappa shape index (κ2) is 9.92. The number of carbonyl (C=O) groups excluding carboxylic acids is 2. The van der Waals surface area contributed by atoms with Crippen molar-refractivity contribution in [3.05, 3.63) is 70.8 Å². The van der Waals surface area contributed by atoms with Crippen molar-refractivity contribution >= 4 is 29.2 Å². The molecule has 5 heteroatoms. The fraction of sp³-hybridized carbons (Fsp3) is 0.280. The summed E-state index contributed by atoms with van der Waals surface area (Å²) in [6, 6.07) is 15.8. The summed E-state index contributed by atoms with van der Waals surface area (Å²) in [5.41, 5.74) is 5.92. The molecule has 0 bridgehead atoms. The number of rotatable bonds is 8. The Kier molecular flexibility index (Phi) is 7.07. The molecular weight excluding hydrogens is 380 g/mol. The molecule has 2 aromatic rings. The Balaban J connectivity index is 2.13. The van der Waals surface area contributed by atoms with Crippen molar-refractivity contribution in [2.24, 2.45) is 0 Å². The molecule has 1 aliphatic carbocycles. The average Bonchev–Trinajstić information content (AvgIpc) is 3.05. The molecule has 0 unspecified atom stereocenters. The molecule has 2 aromatic carbocycles. The van der Waals surface area contributed by atoms with Crippen LogP contribution in [0.25, 0.3) is 17.2 Å². The zero-order valence-electron chi connectivity index (χ0n) is 17.6. The van der Waals surface area contributed by atoms with Crippen LogP contribution in [0.2, 0.25) is 0 Å². The van der Waals surface area contributed by atoms with E-state index in [1.807, 2.05) is 48.5 Å². The molecule has 0 aliphatic heterocycles. The normalized spacial score (nSPS) is 13.9. The van der Waals surface area contributed by atoms with Crippen molar-refractivity contribution in [1.29, 1.82) is 0 Å². The standard InChI is InChI=1S/C25H26O5/c1-4-18-20(14-17-10-7-6-8-11-17)19-12-9-13-22(30-16-24(27)28-3)25(19)21(18)15-23(26)29-5-2/h6-14H,4-5,15-16H2,1-3H3/b20-14-. The third-order valence-corrected chi connectivity index (χ3v) is 4.97. The number of fused-ring (bicyclic) bond motifs is 1. The van der Waals surface area contributed by atoms with Gasteiger partial charge in [0.25, 0.3) is 0 Å². The topological polar surface area (TPSA) is 61.8 Å². The van der Waals surface area contributed by atoms with E-state index in [-0.39, 0.29) is 19.0 Å². The number of benzene rings is 2. The first kappa shape index (κ1) is 21.4. The van der Waals surface area contributed by atoms with Crippen LogP contribution in [0.1, 0.15) is 43.4 Å². The minimum Gasteiger partial charge on any atom is -0.481 e. The van der Waals surface area contributed by atoms with Gasteiger partial charge in [0, 0.05) is 5.56 Å². The SMILES string of the molecule is CCOC(=O)CC1=C(CC)/C(=C/c2ccccc2)c2cccc(OCC(=O)OC)c21. The molecule has 156 valence electrons. The highest BCUT2D eigenvalue weighted by molar-refractivity contribution is 6.09. The van der Waals surface area contributed by atoms with Gasteiger partial charge in [-0.3, -0.25) is 4.79 Å². The molecule has 0 amide bonds. The van der Waals surface area contributed by atoms with E-state index in [9.17, 15) is 9.59 Å². The summed E-state index contributed by atoms with van der Waals surface area (Å²) in [5.74, 6) is -0.190. The van der Waals surface area contributed by atoms with Gasteiger partial charge in [-0.1, -0.05) is 49.4 Å². The molecule has 3 rings (SSSR count). The van der Waals surface area contributed by atoms with E-state index < -0.39 is 5.97 Å². The van der Waals surface area contributed by atoms with E-state index in [1.54, 1.807) is 6.92 Å². The van der Waals surface area contributed by atoms with Gasteiger partial charge in [0.15, 0.2) is 6.61 Å². The lowest BCUT2D eigenvalue weighted by molar-refractivity contribution is -0.143. The number of methoxy groups -OCH3 is 1. The largest absolute Gasteiger partial charge is 0.481 e. The summed E-state index contributed by atoms with van der Waals surface area (Å²) in [6.45, 7) is 3.99. The molecule has 0 heterocycles. The zero-order valence-corrected chi connectivity index (χ0v) is 17.6. The summed E-state index contributed by atoms with van der Waals surface area (Å²) >= 11 is 0. The van der Waals surface area contributed by atoms with Crippen molar-refractivity contribution < 1.29 is 23.8 Å². The van der Waals surface area contributed by atoms with Gasteiger partial charge in [0.05, 0.1) is 20.1 Å². The van der Waals surface area contributed by atoms with Gasteiger partial charge in [-0.05, 0) is 53.3 Å². The fourth-order valence-electron chi connectivity index (χ4n) is 3.69.